The van der Waals surface area contributed by atoms with Gasteiger partial charge in [-0.15, -0.1) is 0 Å². The van der Waals surface area contributed by atoms with Crippen LogP contribution < -0.4 is 5.73 Å². The summed E-state index contributed by atoms with van der Waals surface area (Å²) in [5.41, 5.74) is 7.44. The summed E-state index contributed by atoms with van der Waals surface area (Å²) in [7, 11) is 0. The van der Waals surface area contributed by atoms with Crippen LogP contribution >= 0.6 is 15.9 Å². The zero-order chi connectivity index (χ0) is 13.3. The highest BCUT2D eigenvalue weighted by atomic mass is 79.9. The van der Waals surface area contributed by atoms with Crippen LogP contribution in [-0.4, -0.2) is 21.2 Å². The molecule has 5 heteroatoms. The molecule has 0 aliphatic heterocycles. The van der Waals surface area contributed by atoms with Crippen molar-refractivity contribution in [3.63, 3.8) is 0 Å². The molecule has 1 heterocycles. The fraction of sp³-hybridized carbons (Fsp3) is 0.462. The number of rotatable bonds is 4. The molecule has 2 aromatic rings. The number of aliphatic hydroxyl groups excluding tert-OH is 1. The molecular formula is C13H18BrN3O. The van der Waals surface area contributed by atoms with Crippen LogP contribution in [0.4, 0.5) is 0 Å². The van der Waals surface area contributed by atoms with E-state index >= 15 is 0 Å². The van der Waals surface area contributed by atoms with Crippen LogP contribution in [-0.2, 0) is 0 Å². The lowest BCUT2D eigenvalue weighted by atomic mass is 10.2. The second-order valence-electron chi connectivity index (χ2n) is 4.66. The van der Waals surface area contributed by atoms with Crippen LogP contribution in [0.5, 0.6) is 0 Å². The van der Waals surface area contributed by atoms with E-state index in [1.165, 1.54) is 0 Å². The summed E-state index contributed by atoms with van der Waals surface area (Å²) in [5.74, 6) is 0.698. The number of hydrogen-bond acceptors (Lipinski definition) is 3. The summed E-state index contributed by atoms with van der Waals surface area (Å²) in [6.07, 6.45) is -0.0828. The Morgan fingerprint density at radius 3 is 2.78 bits per heavy atom. The van der Waals surface area contributed by atoms with Gasteiger partial charge in [-0.1, -0.05) is 15.9 Å². The van der Waals surface area contributed by atoms with Gasteiger partial charge in [-0.05, 0) is 45.0 Å². The fourth-order valence-corrected chi connectivity index (χ4v) is 2.50. The fourth-order valence-electron chi connectivity index (χ4n) is 2.16. The summed E-state index contributed by atoms with van der Waals surface area (Å²) in [4.78, 5) is 4.54. The molecule has 18 heavy (non-hydrogen) atoms. The Kier molecular flexibility index (Phi) is 4.04. The predicted molar refractivity (Wildman–Crippen MR) is 76.4 cm³/mol. The second kappa shape index (κ2) is 5.38. The van der Waals surface area contributed by atoms with Crippen LogP contribution in [0.15, 0.2) is 22.7 Å². The Labute approximate surface area is 115 Å². The Morgan fingerprint density at radius 1 is 1.44 bits per heavy atom. The van der Waals surface area contributed by atoms with Crippen molar-refractivity contribution < 1.29 is 5.11 Å². The predicted octanol–water partition coefficient (Wildman–Crippen LogP) is 2.76. The number of fused-ring (bicyclic) bond motifs is 1. The summed E-state index contributed by atoms with van der Waals surface area (Å²) in [6.45, 7) is 4.62. The highest BCUT2D eigenvalue weighted by molar-refractivity contribution is 9.10. The lowest BCUT2D eigenvalue weighted by Gasteiger charge is -2.16. The van der Waals surface area contributed by atoms with Gasteiger partial charge in [-0.2, -0.15) is 0 Å². The van der Waals surface area contributed by atoms with E-state index in [0.717, 1.165) is 15.5 Å². The smallest absolute Gasteiger partial charge is 0.139 e. The molecule has 1 unspecified atom stereocenters. The van der Waals surface area contributed by atoms with Gasteiger partial charge in [0.1, 0.15) is 11.9 Å². The first kappa shape index (κ1) is 13.5. The Hall–Kier alpha value is -0.910. The van der Waals surface area contributed by atoms with E-state index < -0.39 is 6.10 Å². The van der Waals surface area contributed by atoms with Gasteiger partial charge in [0.05, 0.1) is 11.0 Å². The molecular weight excluding hydrogens is 294 g/mol. The van der Waals surface area contributed by atoms with E-state index in [1.54, 1.807) is 0 Å². The van der Waals surface area contributed by atoms with Crippen LogP contribution in [0.3, 0.4) is 0 Å². The third-order valence-electron chi connectivity index (χ3n) is 2.93. The van der Waals surface area contributed by atoms with E-state index in [1.807, 2.05) is 18.2 Å². The third kappa shape index (κ3) is 2.43. The van der Waals surface area contributed by atoms with E-state index in [9.17, 15) is 5.11 Å². The first-order valence-corrected chi connectivity index (χ1v) is 6.89. The van der Waals surface area contributed by atoms with Gasteiger partial charge >= 0.3 is 0 Å². The quantitative estimate of drug-likeness (QED) is 0.912. The number of aliphatic hydroxyl groups is 1. The average molecular weight is 312 g/mol. The molecule has 3 N–H and O–H groups in total. The zero-order valence-electron chi connectivity index (χ0n) is 10.6. The molecule has 1 atom stereocenters. The topological polar surface area (TPSA) is 64.1 Å². The van der Waals surface area contributed by atoms with E-state index in [0.29, 0.717) is 18.8 Å². The first-order valence-electron chi connectivity index (χ1n) is 6.10. The molecule has 0 bridgehead atoms. The number of nitrogens with two attached hydrogens (primary N) is 1. The van der Waals surface area contributed by atoms with Crippen molar-refractivity contribution in [2.24, 2.45) is 5.73 Å². The Morgan fingerprint density at radius 2 is 2.17 bits per heavy atom. The van der Waals surface area contributed by atoms with Crippen LogP contribution in [0, 0.1) is 0 Å². The van der Waals surface area contributed by atoms with Gasteiger partial charge in [0.25, 0.3) is 0 Å². The van der Waals surface area contributed by atoms with Gasteiger partial charge in [0, 0.05) is 10.5 Å². The minimum absolute atomic E-state index is 0.249. The second-order valence-corrected chi connectivity index (χ2v) is 5.58. The lowest BCUT2D eigenvalue weighted by Crippen LogP contribution is -2.14. The van der Waals surface area contributed by atoms with E-state index in [2.05, 4.69) is 39.3 Å². The molecule has 0 amide bonds. The number of halogens is 1. The highest BCUT2D eigenvalue weighted by Gasteiger charge is 2.19. The summed E-state index contributed by atoms with van der Waals surface area (Å²) in [5, 5.41) is 10.1. The molecule has 0 aliphatic rings. The van der Waals surface area contributed by atoms with Crippen molar-refractivity contribution in [3.8, 4) is 0 Å². The van der Waals surface area contributed by atoms with Gasteiger partial charge in [-0.3, -0.25) is 0 Å². The van der Waals surface area contributed by atoms with Crippen molar-refractivity contribution in [1.82, 2.24) is 9.55 Å². The number of nitrogens with zero attached hydrogens (tertiary/aromatic N) is 2. The summed E-state index contributed by atoms with van der Waals surface area (Å²) >= 11 is 3.44. The van der Waals surface area contributed by atoms with Crippen molar-refractivity contribution in [2.45, 2.75) is 32.4 Å². The van der Waals surface area contributed by atoms with Gasteiger partial charge in [0.15, 0.2) is 0 Å². The Bertz CT molecular complexity index is 550. The minimum atomic E-state index is -0.608. The van der Waals surface area contributed by atoms with Gasteiger partial charge < -0.3 is 15.4 Å². The molecule has 2 rings (SSSR count). The normalized spacial score (nSPS) is 13.4. The number of aromatic nitrogens is 2. The SMILES string of the molecule is CC(C)n1c(C(O)CCN)nc2cc(Br)ccc21. The van der Waals surface area contributed by atoms with Gasteiger partial charge in [-0.25, -0.2) is 4.98 Å². The van der Waals surface area contributed by atoms with Crippen molar-refractivity contribution >= 4 is 27.0 Å². The monoisotopic (exact) mass is 311 g/mol. The molecule has 0 spiro atoms. The number of benzene rings is 1. The molecule has 0 saturated carbocycles. The van der Waals surface area contributed by atoms with E-state index in [4.69, 9.17) is 5.73 Å². The van der Waals surface area contributed by atoms with Crippen LogP contribution in [0.1, 0.15) is 38.2 Å². The minimum Gasteiger partial charge on any atom is -0.385 e. The standard InChI is InChI=1S/C13H18BrN3O/c1-8(2)17-11-4-3-9(14)7-10(11)16-13(17)12(18)5-6-15/h3-4,7-8,12,18H,5-6,15H2,1-2H3. The summed E-state index contributed by atoms with van der Waals surface area (Å²) < 4.78 is 3.06. The molecule has 4 nitrogen and oxygen atoms in total. The molecule has 0 aliphatic carbocycles. The molecule has 1 aromatic carbocycles. The zero-order valence-corrected chi connectivity index (χ0v) is 12.2. The first-order chi connectivity index (χ1) is 8.54. The maximum absolute atomic E-state index is 10.1. The number of imidazole rings is 1. The highest BCUT2D eigenvalue weighted by Crippen LogP contribution is 2.28. The molecule has 0 saturated heterocycles. The van der Waals surface area contributed by atoms with Crippen molar-refractivity contribution in [3.05, 3.63) is 28.5 Å². The molecule has 98 valence electrons. The number of hydrogen-bond donors (Lipinski definition) is 2. The lowest BCUT2D eigenvalue weighted by molar-refractivity contribution is 0.155. The van der Waals surface area contributed by atoms with Crippen molar-refractivity contribution in [2.75, 3.05) is 6.54 Å². The average Bonchev–Trinajstić information content (AvgIpc) is 2.67. The maximum atomic E-state index is 10.1. The molecule has 0 fully saturated rings. The van der Waals surface area contributed by atoms with E-state index in [-0.39, 0.29) is 6.04 Å². The third-order valence-corrected chi connectivity index (χ3v) is 3.43. The maximum Gasteiger partial charge on any atom is 0.139 e. The molecule has 1 aromatic heterocycles. The largest absolute Gasteiger partial charge is 0.385 e. The van der Waals surface area contributed by atoms with Crippen LogP contribution in [0.2, 0.25) is 0 Å². The van der Waals surface area contributed by atoms with Crippen molar-refractivity contribution in [1.29, 1.82) is 0 Å². The summed E-state index contributed by atoms with van der Waals surface area (Å²) in [6, 6.07) is 6.22. The van der Waals surface area contributed by atoms with Gasteiger partial charge in [0.2, 0.25) is 0 Å². The Balaban J connectivity index is 2.60. The molecule has 0 radical (unpaired) electrons. The van der Waals surface area contributed by atoms with Crippen LogP contribution in [0.25, 0.3) is 11.0 Å².